The Morgan fingerprint density at radius 3 is 2.39 bits per heavy atom. The molecule has 0 spiro atoms. The highest BCUT2D eigenvalue weighted by atomic mass is 32.2. The third-order valence-corrected chi connectivity index (χ3v) is 4.90. The van der Waals surface area contributed by atoms with Crippen molar-refractivity contribution >= 4 is 17.7 Å². The first-order valence-corrected chi connectivity index (χ1v) is 7.57. The SMILES string of the molecule is C[C@H](Sc1ccccc1)[C@H](C)C(=O)N1CCCC1. The molecule has 1 saturated heterocycles. The number of rotatable bonds is 4. The molecule has 0 bridgehead atoms. The highest BCUT2D eigenvalue weighted by molar-refractivity contribution is 8.00. The molecular weight excluding hydrogens is 242 g/mol. The van der Waals surface area contributed by atoms with Gasteiger partial charge in [0.25, 0.3) is 0 Å². The summed E-state index contributed by atoms with van der Waals surface area (Å²) in [7, 11) is 0. The van der Waals surface area contributed by atoms with Crippen LogP contribution in [0.5, 0.6) is 0 Å². The molecule has 1 aliphatic heterocycles. The molecular formula is C15H21NOS. The largest absolute Gasteiger partial charge is 0.342 e. The molecule has 0 aromatic heterocycles. The van der Waals surface area contributed by atoms with Crippen LogP contribution in [-0.4, -0.2) is 29.1 Å². The van der Waals surface area contributed by atoms with E-state index in [9.17, 15) is 4.79 Å². The van der Waals surface area contributed by atoms with E-state index in [0.717, 1.165) is 13.1 Å². The summed E-state index contributed by atoms with van der Waals surface area (Å²) in [6.45, 7) is 6.11. The average Bonchev–Trinajstić information content (AvgIpc) is 2.92. The lowest BCUT2D eigenvalue weighted by molar-refractivity contribution is -0.133. The Morgan fingerprint density at radius 1 is 1.17 bits per heavy atom. The van der Waals surface area contributed by atoms with E-state index in [-0.39, 0.29) is 5.92 Å². The summed E-state index contributed by atoms with van der Waals surface area (Å²) in [5, 5.41) is 0.320. The number of nitrogens with zero attached hydrogens (tertiary/aromatic N) is 1. The van der Waals surface area contributed by atoms with Crippen LogP contribution in [-0.2, 0) is 4.79 Å². The zero-order valence-corrected chi connectivity index (χ0v) is 12.0. The number of carbonyl (C=O) groups is 1. The maximum absolute atomic E-state index is 12.3. The van der Waals surface area contributed by atoms with Crippen LogP contribution in [0.1, 0.15) is 26.7 Å². The van der Waals surface area contributed by atoms with Gasteiger partial charge in [-0.2, -0.15) is 0 Å². The number of hydrogen-bond acceptors (Lipinski definition) is 2. The lowest BCUT2D eigenvalue weighted by Crippen LogP contribution is -2.36. The summed E-state index contributed by atoms with van der Waals surface area (Å²) in [5.74, 6) is 0.414. The number of thioether (sulfide) groups is 1. The standard InChI is InChI=1S/C15H21NOS/c1-12(15(17)16-10-6-7-11-16)13(2)18-14-8-4-3-5-9-14/h3-5,8-9,12-13H,6-7,10-11H2,1-2H3/t12-,13-/m0/s1. The van der Waals surface area contributed by atoms with E-state index in [4.69, 9.17) is 0 Å². The van der Waals surface area contributed by atoms with Crippen molar-refractivity contribution in [3.63, 3.8) is 0 Å². The fourth-order valence-electron chi connectivity index (χ4n) is 2.24. The normalized spacial score (nSPS) is 18.7. The minimum absolute atomic E-state index is 0.0910. The maximum atomic E-state index is 12.3. The van der Waals surface area contributed by atoms with Gasteiger partial charge >= 0.3 is 0 Å². The Bertz CT molecular complexity index is 387. The fraction of sp³-hybridized carbons (Fsp3) is 0.533. The summed E-state index contributed by atoms with van der Waals surface area (Å²) >= 11 is 1.79. The number of likely N-dealkylation sites (tertiary alicyclic amines) is 1. The Balaban J connectivity index is 1.91. The highest BCUT2D eigenvalue weighted by Crippen LogP contribution is 2.29. The Morgan fingerprint density at radius 2 is 1.78 bits per heavy atom. The van der Waals surface area contributed by atoms with Gasteiger partial charge in [0.2, 0.25) is 5.91 Å². The zero-order valence-electron chi connectivity index (χ0n) is 11.1. The maximum Gasteiger partial charge on any atom is 0.226 e. The van der Waals surface area contributed by atoms with E-state index in [1.165, 1.54) is 17.7 Å². The van der Waals surface area contributed by atoms with E-state index >= 15 is 0 Å². The summed E-state index contributed by atoms with van der Waals surface area (Å²) in [6.07, 6.45) is 2.33. The van der Waals surface area contributed by atoms with Gasteiger partial charge in [-0.05, 0) is 25.0 Å². The van der Waals surface area contributed by atoms with Crippen molar-refractivity contribution in [1.29, 1.82) is 0 Å². The summed E-state index contributed by atoms with van der Waals surface area (Å²) < 4.78 is 0. The van der Waals surface area contributed by atoms with Gasteiger partial charge in [0.15, 0.2) is 0 Å². The van der Waals surface area contributed by atoms with Crippen LogP contribution in [0.25, 0.3) is 0 Å². The Labute approximate surface area is 114 Å². The number of hydrogen-bond donors (Lipinski definition) is 0. The fourth-order valence-corrected chi connectivity index (χ4v) is 3.31. The molecule has 0 unspecified atom stereocenters. The predicted molar refractivity (Wildman–Crippen MR) is 76.7 cm³/mol. The van der Waals surface area contributed by atoms with Crippen molar-refractivity contribution in [3.8, 4) is 0 Å². The molecule has 1 aromatic carbocycles. The van der Waals surface area contributed by atoms with Crippen LogP contribution >= 0.6 is 11.8 Å². The second-order valence-electron chi connectivity index (χ2n) is 4.96. The minimum atomic E-state index is 0.0910. The van der Waals surface area contributed by atoms with Crippen molar-refractivity contribution in [2.24, 2.45) is 5.92 Å². The van der Waals surface area contributed by atoms with Crippen molar-refractivity contribution in [2.75, 3.05) is 13.1 Å². The first-order chi connectivity index (χ1) is 8.68. The molecule has 1 aromatic rings. The van der Waals surface area contributed by atoms with Crippen molar-refractivity contribution in [2.45, 2.75) is 36.8 Å². The number of benzene rings is 1. The van der Waals surface area contributed by atoms with Crippen molar-refractivity contribution in [3.05, 3.63) is 30.3 Å². The molecule has 18 heavy (non-hydrogen) atoms. The lowest BCUT2D eigenvalue weighted by atomic mass is 10.1. The van der Waals surface area contributed by atoms with Gasteiger partial charge in [-0.25, -0.2) is 0 Å². The van der Waals surface area contributed by atoms with E-state index in [0.29, 0.717) is 11.2 Å². The quantitative estimate of drug-likeness (QED) is 0.776. The highest BCUT2D eigenvalue weighted by Gasteiger charge is 2.27. The smallest absolute Gasteiger partial charge is 0.226 e. The van der Waals surface area contributed by atoms with E-state index in [2.05, 4.69) is 26.0 Å². The van der Waals surface area contributed by atoms with Gasteiger partial charge in [0.1, 0.15) is 0 Å². The molecule has 1 aliphatic rings. The van der Waals surface area contributed by atoms with Crippen LogP contribution in [0.15, 0.2) is 35.2 Å². The predicted octanol–water partition coefficient (Wildman–Crippen LogP) is 3.43. The molecule has 1 amide bonds. The second kappa shape index (κ2) is 6.28. The van der Waals surface area contributed by atoms with Crippen molar-refractivity contribution in [1.82, 2.24) is 4.90 Å². The van der Waals surface area contributed by atoms with Gasteiger partial charge in [-0.3, -0.25) is 4.79 Å². The molecule has 2 rings (SSSR count). The van der Waals surface area contributed by atoms with Crippen LogP contribution in [0.2, 0.25) is 0 Å². The molecule has 1 heterocycles. The third-order valence-electron chi connectivity index (χ3n) is 3.58. The second-order valence-corrected chi connectivity index (χ2v) is 6.41. The molecule has 0 saturated carbocycles. The van der Waals surface area contributed by atoms with Gasteiger partial charge in [0.05, 0.1) is 0 Å². The average molecular weight is 263 g/mol. The Hall–Kier alpha value is -0.960. The third kappa shape index (κ3) is 3.29. The van der Waals surface area contributed by atoms with Gasteiger partial charge in [0, 0.05) is 29.2 Å². The number of amides is 1. The molecule has 0 radical (unpaired) electrons. The van der Waals surface area contributed by atoms with E-state index in [1.54, 1.807) is 11.8 Å². The molecule has 2 atom stereocenters. The molecule has 0 N–H and O–H groups in total. The summed E-state index contributed by atoms with van der Waals surface area (Å²) in [6, 6.07) is 10.3. The van der Waals surface area contributed by atoms with Gasteiger partial charge in [-0.15, -0.1) is 11.8 Å². The molecule has 1 fully saturated rings. The number of carbonyl (C=O) groups excluding carboxylic acids is 1. The van der Waals surface area contributed by atoms with E-state index < -0.39 is 0 Å². The topological polar surface area (TPSA) is 20.3 Å². The van der Waals surface area contributed by atoms with Gasteiger partial charge < -0.3 is 4.90 Å². The molecule has 2 nitrogen and oxygen atoms in total. The zero-order chi connectivity index (χ0) is 13.0. The first-order valence-electron chi connectivity index (χ1n) is 6.69. The molecule has 3 heteroatoms. The van der Waals surface area contributed by atoms with Crippen molar-refractivity contribution < 1.29 is 4.79 Å². The summed E-state index contributed by atoms with van der Waals surface area (Å²) in [5.41, 5.74) is 0. The lowest BCUT2D eigenvalue weighted by Gasteiger charge is -2.24. The monoisotopic (exact) mass is 263 g/mol. The minimum Gasteiger partial charge on any atom is -0.342 e. The molecule has 0 aliphatic carbocycles. The van der Waals surface area contributed by atoms with E-state index in [1.807, 2.05) is 23.1 Å². The van der Waals surface area contributed by atoms with Crippen LogP contribution in [0, 0.1) is 5.92 Å². The van der Waals surface area contributed by atoms with Crippen LogP contribution in [0.4, 0.5) is 0 Å². The molecule has 98 valence electrons. The Kier molecular flexibility index (Phi) is 4.70. The van der Waals surface area contributed by atoms with Crippen LogP contribution in [0.3, 0.4) is 0 Å². The summed E-state index contributed by atoms with van der Waals surface area (Å²) in [4.78, 5) is 15.6. The van der Waals surface area contributed by atoms with Gasteiger partial charge in [-0.1, -0.05) is 32.0 Å². The first kappa shape index (κ1) is 13.5. The van der Waals surface area contributed by atoms with Crippen LogP contribution < -0.4 is 0 Å².